The highest BCUT2D eigenvalue weighted by atomic mass is 16.6. The number of carbonyl (C=O) groups excluding carboxylic acids is 3. The predicted octanol–water partition coefficient (Wildman–Crippen LogP) is 0.974. The van der Waals surface area contributed by atoms with Crippen LogP contribution in [0.3, 0.4) is 0 Å². The van der Waals surface area contributed by atoms with Crippen molar-refractivity contribution in [3.63, 3.8) is 0 Å². The van der Waals surface area contributed by atoms with Crippen molar-refractivity contribution in [3.8, 4) is 0 Å². The topological polar surface area (TPSA) is 89.9 Å². The van der Waals surface area contributed by atoms with Crippen LogP contribution in [0, 0.1) is 11.8 Å². The molecule has 0 spiro atoms. The van der Waals surface area contributed by atoms with E-state index < -0.39 is 29.7 Å². The normalized spacial score (nSPS) is 21.9. The van der Waals surface area contributed by atoms with Gasteiger partial charge in [-0.3, -0.25) is 9.59 Å². The van der Waals surface area contributed by atoms with Crippen molar-refractivity contribution in [1.82, 2.24) is 0 Å². The molecule has 0 aliphatic heterocycles. The van der Waals surface area contributed by atoms with E-state index in [1.165, 1.54) is 6.92 Å². The minimum absolute atomic E-state index is 0.0954. The van der Waals surface area contributed by atoms with E-state index in [2.05, 4.69) is 6.58 Å². The van der Waals surface area contributed by atoms with Crippen LogP contribution in [0.2, 0.25) is 0 Å². The maximum Gasteiger partial charge on any atom is 0.340 e. The number of esters is 3. The highest BCUT2D eigenvalue weighted by molar-refractivity contribution is 5.96. The van der Waals surface area contributed by atoms with Gasteiger partial charge in [0.25, 0.3) is 0 Å². The predicted molar refractivity (Wildman–Crippen MR) is 69.4 cm³/mol. The Hall–Kier alpha value is -1.69. The second-order valence-electron chi connectivity index (χ2n) is 4.88. The van der Waals surface area contributed by atoms with Crippen LogP contribution in [0.5, 0.6) is 0 Å². The van der Waals surface area contributed by atoms with Crippen LogP contribution in [-0.2, 0) is 23.9 Å². The van der Waals surface area contributed by atoms with Crippen LogP contribution < -0.4 is 0 Å². The molecule has 6 nitrogen and oxygen atoms in total. The third-order valence-corrected chi connectivity index (χ3v) is 3.25. The Labute approximate surface area is 117 Å². The van der Waals surface area contributed by atoms with E-state index >= 15 is 0 Å². The maximum atomic E-state index is 12.0. The lowest BCUT2D eigenvalue weighted by Crippen LogP contribution is -2.36. The fourth-order valence-corrected chi connectivity index (χ4v) is 2.20. The number of carbonyl (C=O) groups is 3. The molecule has 0 heterocycles. The van der Waals surface area contributed by atoms with E-state index in [0.717, 1.165) is 12.8 Å². The molecular weight excluding hydrogens is 264 g/mol. The largest absolute Gasteiger partial charge is 0.463 e. The summed E-state index contributed by atoms with van der Waals surface area (Å²) in [6, 6.07) is 0. The van der Waals surface area contributed by atoms with Crippen LogP contribution in [0.1, 0.15) is 32.6 Å². The van der Waals surface area contributed by atoms with Gasteiger partial charge in [0.2, 0.25) is 0 Å². The third-order valence-electron chi connectivity index (χ3n) is 3.25. The molecule has 1 aliphatic rings. The fourth-order valence-electron chi connectivity index (χ4n) is 2.20. The molecule has 1 aliphatic carbocycles. The molecule has 1 rings (SSSR count). The lowest BCUT2D eigenvalue weighted by molar-refractivity contribution is -0.168. The Kier molecular flexibility index (Phi) is 6.38. The van der Waals surface area contributed by atoms with Gasteiger partial charge in [0.15, 0.2) is 0 Å². The van der Waals surface area contributed by atoms with Crippen molar-refractivity contribution in [2.24, 2.45) is 11.8 Å². The first-order valence-electron chi connectivity index (χ1n) is 6.66. The Balaban J connectivity index is 2.68. The summed E-state index contributed by atoms with van der Waals surface area (Å²) in [5, 5.41) is 8.65. The van der Waals surface area contributed by atoms with Gasteiger partial charge < -0.3 is 14.6 Å². The first-order valence-corrected chi connectivity index (χ1v) is 6.66. The Morgan fingerprint density at radius 1 is 1.15 bits per heavy atom. The Bertz CT molecular complexity index is 400. The zero-order chi connectivity index (χ0) is 15.1. The van der Waals surface area contributed by atoms with E-state index in [0.29, 0.717) is 12.8 Å². The van der Waals surface area contributed by atoms with Crippen molar-refractivity contribution in [2.75, 3.05) is 13.2 Å². The second-order valence-corrected chi connectivity index (χ2v) is 4.88. The maximum absolute atomic E-state index is 12.0. The van der Waals surface area contributed by atoms with E-state index in [9.17, 15) is 14.4 Å². The van der Waals surface area contributed by atoms with Crippen LogP contribution in [0.4, 0.5) is 0 Å². The lowest BCUT2D eigenvalue weighted by atomic mass is 9.79. The standard InChI is InChI=1S/C14H20O6/c1-9(2)12(16)20-14(18)11-6-4-3-5-10(11)13(17)19-8-7-15/h10-11,15H,1,3-8H2,2H3. The van der Waals surface area contributed by atoms with Crippen molar-refractivity contribution < 1.29 is 29.0 Å². The SMILES string of the molecule is C=C(C)C(=O)OC(=O)C1CCCCC1C(=O)OCCO. The summed E-state index contributed by atoms with van der Waals surface area (Å²) < 4.78 is 9.57. The van der Waals surface area contributed by atoms with Crippen molar-refractivity contribution in [3.05, 3.63) is 12.2 Å². The second kappa shape index (κ2) is 7.79. The summed E-state index contributed by atoms with van der Waals surface area (Å²) >= 11 is 0. The zero-order valence-electron chi connectivity index (χ0n) is 11.6. The van der Waals surface area contributed by atoms with Gasteiger partial charge in [-0.15, -0.1) is 0 Å². The van der Waals surface area contributed by atoms with Crippen LogP contribution in [-0.4, -0.2) is 36.2 Å². The summed E-state index contributed by atoms with van der Waals surface area (Å²) in [5.41, 5.74) is 0.133. The molecule has 20 heavy (non-hydrogen) atoms. The molecule has 6 heteroatoms. The van der Waals surface area contributed by atoms with Crippen molar-refractivity contribution in [1.29, 1.82) is 0 Å². The molecule has 1 saturated carbocycles. The Morgan fingerprint density at radius 3 is 2.20 bits per heavy atom. The molecule has 0 saturated heterocycles. The molecule has 2 atom stereocenters. The highest BCUT2D eigenvalue weighted by Crippen LogP contribution is 2.32. The highest BCUT2D eigenvalue weighted by Gasteiger charge is 2.38. The number of ether oxygens (including phenoxy) is 2. The van der Waals surface area contributed by atoms with Crippen molar-refractivity contribution >= 4 is 17.9 Å². The van der Waals surface area contributed by atoms with Gasteiger partial charge in [0, 0.05) is 5.57 Å². The first-order chi connectivity index (χ1) is 9.47. The van der Waals surface area contributed by atoms with E-state index in [1.54, 1.807) is 0 Å². The van der Waals surface area contributed by atoms with Gasteiger partial charge in [0.1, 0.15) is 6.61 Å². The number of aliphatic hydroxyl groups is 1. The first kappa shape index (κ1) is 16.4. The quantitative estimate of drug-likeness (QED) is 0.460. The van der Waals surface area contributed by atoms with Crippen LogP contribution >= 0.6 is 0 Å². The van der Waals surface area contributed by atoms with Gasteiger partial charge in [-0.25, -0.2) is 4.79 Å². The molecule has 0 amide bonds. The third kappa shape index (κ3) is 4.45. The van der Waals surface area contributed by atoms with Gasteiger partial charge in [-0.2, -0.15) is 0 Å². The number of hydrogen-bond donors (Lipinski definition) is 1. The summed E-state index contributed by atoms with van der Waals surface area (Å²) in [7, 11) is 0. The molecule has 0 bridgehead atoms. The minimum Gasteiger partial charge on any atom is -0.463 e. The van der Waals surface area contributed by atoms with E-state index in [1.807, 2.05) is 0 Å². The molecule has 112 valence electrons. The fraction of sp³-hybridized carbons (Fsp3) is 0.643. The number of rotatable bonds is 5. The lowest BCUT2D eigenvalue weighted by Gasteiger charge is -2.27. The number of hydrogen-bond acceptors (Lipinski definition) is 6. The average Bonchev–Trinajstić information content (AvgIpc) is 2.44. The van der Waals surface area contributed by atoms with Crippen LogP contribution in [0.15, 0.2) is 12.2 Å². The van der Waals surface area contributed by atoms with Crippen molar-refractivity contribution in [2.45, 2.75) is 32.6 Å². The molecule has 2 unspecified atom stereocenters. The van der Waals surface area contributed by atoms with Crippen LogP contribution in [0.25, 0.3) is 0 Å². The van der Waals surface area contributed by atoms with Gasteiger partial charge in [-0.1, -0.05) is 19.4 Å². The summed E-state index contributed by atoms with van der Waals surface area (Å²) in [4.78, 5) is 35.2. The monoisotopic (exact) mass is 284 g/mol. The molecule has 0 radical (unpaired) electrons. The Morgan fingerprint density at radius 2 is 1.70 bits per heavy atom. The smallest absolute Gasteiger partial charge is 0.340 e. The van der Waals surface area contributed by atoms with E-state index in [4.69, 9.17) is 14.6 Å². The molecule has 0 aromatic carbocycles. The van der Waals surface area contributed by atoms with Gasteiger partial charge in [0.05, 0.1) is 18.4 Å². The summed E-state index contributed by atoms with van der Waals surface area (Å²) in [6.07, 6.45) is 2.62. The van der Waals surface area contributed by atoms with Gasteiger partial charge in [-0.05, 0) is 19.8 Å². The zero-order valence-corrected chi connectivity index (χ0v) is 11.6. The molecule has 0 aromatic rings. The van der Waals surface area contributed by atoms with Gasteiger partial charge >= 0.3 is 17.9 Å². The minimum atomic E-state index is -0.775. The summed E-state index contributed by atoms with van der Waals surface area (Å²) in [6.45, 7) is 4.49. The molecule has 1 N–H and O–H groups in total. The average molecular weight is 284 g/mol. The molecule has 0 aromatic heterocycles. The number of aliphatic hydroxyl groups excluding tert-OH is 1. The molecule has 1 fully saturated rings. The van der Waals surface area contributed by atoms with E-state index in [-0.39, 0.29) is 18.8 Å². The molecular formula is C14H20O6. The summed E-state index contributed by atoms with van der Waals surface area (Å²) in [5.74, 6) is -3.28.